The lowest BCUT2D eigenvalue weighted by molar-refractivity contribution is -0.113. The SMILES string of the molecule is O=C(Nc1ccc(N2CCOCC2)cc1)C1=CCN(Cc2ccc(F)cc2)CC1. The molecule has 152 valence electrons. The van der Waals surface area contributed by atoms with Crippen LogP contribution in [0.5, 0.6) is 0 Å². The molecular formula is C23H26FN3O2. The summed E-state index contributed by atoms with van der Waals surface area (Å²) in [6.45, 7) is 5.59. The maximum absolute atomic E-state index is 13.0. The summed E-state index contributed by atoms with van der Waals surface area (Å²) in [7, 11) is 0. The molecular weight excluding hydrogens is 369 g/mol. The van der Waals surface area contributed by atoms with E-state index >= 15 is 0 Å². The van der Waals surface area contributed by atoms with Gasteiger partial charge in [0.2, 0.25) is 0 Å². The van der Waals surface area contributed by atoms with E-state index in [2.05, 4.69) is 15.1 Å². The Balaban J connectivity index is 1.29. The number of nitrogens with one attached hydrogen (secondary N) is 1. The van der Waals surface area contributed by atoms with Crippen molar-refractivity contribution in [1.29, 1.82) is 0 Å². The number of hydrogen-bond acceptors (Lipinski definition) is 4. The summed E-state index contributed by atoms with van der Waals surface area (Å²) in [5, 5.41) is 3.00. The molecule has 1 amide bonds. The van der Waals surface area contributed by atoms with Crippen LogP contribution in [-0.2, 0) is 16.1 Å². The number of morpholine rings is 1. The highest BCUT2D eigenvalue weighted by Gasteiger charge is 2.17. The van der Waals surface area contributed by atoms with E-state index in [1.54, 1.807) is 0 Å². The van der Waals surface area contributed by atoms with Crippen molar-refractivity contribution in [2.45, 2.75) is 13.0 Å². The summed E-state index contributed by atoms with van der Waals surface area (Å²) >= 11 is 0. The molecule has 1 fully saturated rings. The van der Waals surface area contributed by atoms with Crippen LogP contribution >= 0.6 is 0 Å². The van der Waals surface area contributed by atoms with Gasteiger partial charge in [0.25, 0.3) is 5.91 Å². The van der Waals surface area contributed by atoms with Gasteiger partial charge in [-0.25, -0.2) is 4.39 Å². The molecule has 0 aromatic heterocycles. The molecule has 0 atom stereocenters. The van der Waals surface area contributed by atoms with Gasteiger partial charge in [0, 0.05) is 49.7 Å². The number of anilines is 2. The summed E-state index contributed by atoms with van der Waals surface area (Å²) < 4.78 is 18.4. The quantitative estimate of drug-likeness (QED) is 0.843. The zero-order valence-electron chi connectivity index (χ0n) is 16.4. The molecule has 6 heteroatoms. The minimum Gasteiger partial charge on any atom is -0.378 e. The van der Waals surface area contributed by atoms with Crippen molar-refractivity contribution >= 4 is 17.3 Å². The minimum absolute atomic E-state index is 0.0365. The van der Waals surface area contributed by atoms with E-state index in [1.165, 1.54) is 12.1 Å². The van der Waals surface area contributed by atoms with Gasteiger partial charge in [0.05, 0.1) is 13.2 Å². The van der Waals surface area contributed by atoms with Crippen LogP contribution in [0.4, 0.5) is 15.8 Å². The molecule has 0 unspecified atom stereocenters. The number of rotatable bonds is 5. The Kier molecular flexibility index (Phi) is 6.22. The Morgan fingerprint density at radius 2 is 1.72 bits per heavy atom. The zero-order valence-corrected chi connectivity index (χ0v) is 16.4. The fourth-order valence-corrected chi connectivity index (χ4v) is 3.70. The van der Waals surface area contributed by atoms with Gasteiger partial charge in [0.1, 0.15) is 5.82 Å². The van der Waals surface area contributed by atoms with Gasteiger partial charge in [-0.1, -0.05) is 18.2 Å². The van der Waals surface area contributed by atoms with Crippen molar-refractivity contribution in [2.24, 2.45) is 0 Å². The van der Waals surface area contributed by atoms with Crippen molar-refractivity contribution in [1.82, 2.24) is 4.90 Å². The highest BCUT2D eigenvalue weighted by Crippen LogP contribution is 2.21. The van der Waals surface area contributed by atoms with E-state index in [1.807, 2.05) is 42.5 Å². The van der Waals surface area contributed by atoms with Gasteiger partial charge in [0.15, 0.2) is 0 Å². The Morgan fingerprint density at radius 3 is 2.38 bits per heavy atom. The summed E-state index contributed by atoms with van der Waals surface area (Å²) in [6, 6.07) is 14.6. The van der Waals surface area contributed by atoms with Gasteiger partial charge in [-0.3, -0.25) is 9.69 Å². The predicted molar refractivity (Wildman–Crippen MR) is 112 cm³/mol. The highest BCUT2D eigenvalue weighted by atomic mass is 19.1. The Hall–Kier alpha value is -2.70. The third kappa shape index (κ3) is 5.22. The van der Waals surface area contributed by atoms with E-state index in [0.29, 0.717) is 6.42 Å². The number of halogens is 1. The van der Waals surface area contributed by atoms with Crippen molar-refractivity contribution in [3.05, 3.63) is 71.6 Å². The summed E-state index contributed by atoms with van der Waals surface area (Å²) in [5.41, 5.74) is 3.85. The first-order chi connectivity index (χ1) is 14.2. The second-order valence-corrected chi connectivity index (χ2v) is 7.44. The van der Waals surface area contributed by atoms with Gasteiger partial charge in [-0.15, -0.1) is 0 Å². The maximum atomic E-state index is 13.0. The van der Waals surface area contributed by atoms with Crippen molar-refractivity contribution < 1.29 is 13.9 Å². The van der Waals surface area contributed by atoms with Crippen molar-refractivity contribution in [3.8, 4) is 0 Å². The van der Waals surface area contributed by atoms with Crippen LogP contribution in [0, 0.1) is 5.82 Å². The first-order valence-corrected chi connectivity index (χ1v) is 10.1. The van der Waals surface area contributed by atoms with Gasteiger partial charge >= 0.3 is 0 Å². The van der Waals surface area contributed by atoms with E-state index in [-0.39, 0.29) is 11.7 Å². The molecule has 29 heavy (non-hydrogen) atoms. The summed E-state index contributed by atoms with van der Waals surface area (Å²) in [5.74, 6) is -0.255. The fraction of sp³-hybridized carbons (Fsp3) is 0.348. The fourth-order valence-electron chi connectivity index (χ4n) is 3.70. The molecule has 0 aliphatic carbocycles. The van der Waals surface area contributed by atoms with Crippen LogP contribution in [0.15, 0.2) is 60.2 Å². The monoisotopic (exact) mass is 395 g/mol. The number of benzene rings is 2. The molecule has 1 N–H and O–H groups in total. The first kappa shape index (κ1) is 19.6. The third-order valence-corrected chi connectivity index (χ3v) is 5.41. The Morgan fingerprint density at radius 1 is 1.00 bits per heavy atom. The molecule has 0 radical (unpaired) electrons. The number of ether oxygens (including phenoxy) is 1. The second kappa shape index (κ2) is 9.20. The predicted octanol–water partition coefficient (Wildman–Crippen LogP) is 3.43. The smallest absolute Gasteiger partial charge is 0.251 e. The van der Waals surface area contributed by atoms with Crippen LogP contribution in [0.2, 0.25) is 0 Å². The van der Waals surface area contributed by atoms with Gasteiger partial charge in [-0.05, 0) is 48.4 Å². The van der Waals surface area contributed by atoms with E-state index in [4.69, 9.17) is 4.74 Å². The third-order valence-electron chi connectivity index (χ3n) is 5.41. The highest BCUT2D eigenvalue weighted by molar-refractivity contribution is 6.03. The molecule has 4 rings (SSSR count). The largest absolute Gasteiger partial charge is 0.378 e. The van der Waals surface area contributed by atoms with Crippen LogP contribution in [0.1, 0.15) is 12.0 Å². The van der Waals surface area contributed by atoms with E-state index in [9.17, 15) is 9.18 Å². The number of carbonyl (C=O) groups is 1. The van der Waals surface area contributed by atoms with Crippen LogP contribution < -0.4 is 10.2 Å². The van der Waals surface area contributed by atoms with Crippen LogP contribution in [0.3, 0.4) is 0 Å². The Labute approximate surface area is 170 Å². The number of amides is 1. The van der Waals surface area contributed by atoms with Gasteiger partial charge in [-0.2, -0.15) is 0 Å². The molecule has 5 nitrogen and oxygen atoms in total. The zero-order chi connectivity index (χ0) is 20.1. The number of carbonyl (C=O) groups excluding carboxylic acids is 1. The normalized spacial score (nSPS) is 17.7. The standard InChI is InChI=1S/C23H26FN3O2/c24-20-3-1-18(2-4-20)17-26-11-9-19(10-12-26)23(28)25-21-5-7-22(8-6-21)27-13-15-29-16-14-27/h1-9H,10-17H2,(H,25,28). The molecule has 2 aliphatic rings. The number of hydrogen-bond donors (Lipinski definition) is 1. The molecule has 2 heterocycles. The summed E-state index contributed by atoms with van der Waals surface area (Å²) in [4.78, 5) is 17.1. The number of nitrogens with zero attached hydrogens (tertiary/aromatic N) is 2. The average Bonchev–Trinajstić information content (AvgIpc) is 2.77. The van der Waals surface area contributed by atoms with Crippen molar-refractivity contribution in [3.63, 3.8) is 0 Å². The van der Waals surface area contributed by atoms with Gasteiger partial charge < -0.3 is 15.0 Å². The van der Waals surface area contributed by atoms with E-state index < -0.39 is 0 Å². The lowest BCUT2D eigenvalue weighted by atomic mass is 10.1. The molecule has 2 aliphatic heterocycles. The molecule has 0 spiro atoms. The van der Waals surface area contributed by atoms with Crippen molar-refractivity contribution in [2.75, 3.05) is 49.6 Å². The molecule has 1 saturated heterocycles. The Bertz CT molecular complexity index is 859. The first-order valence-electron chi connectivity index (χ1n) is 10.1. The molecule has 0 saturated carbocycles. The maximum Gasteiger partial charge on any atom is 0.251 e. The lowest BCUT2D eigenvalue weighted by Crippen LogP contribution is -2.36. The second-order valence-electron chi connectivity index (χ2n) is 7.44. The van der Waals surface area contributed by atoms with Crippen LogP contribution in [0.25, 0.3) is 0 Å². The van der Waals surface area contributed by atoms with E-state index in [0.717, 1.165) is 68.4 Å². The average molecular weight is 395 g/mol. The summed E-state index contributed by atoms with van der Waals surface area (Å²) in [6.07, 6.45) is 2.70. The lowest BCUT2D eigenvalue weighted by Gasteiger charge is -2.29. The molecule has 2 aromatic rings. The minimum atomic E-state index is -0.218. The molecule has 0 bridgehead atoms. The van der Waals surface area contributed by atoms with Crippen LogP contribution in [-0.4, -0.2) is 50.2 Å². The molecule has 2 aromatic carbocycles. The topological polar surface area (TPSA) is 44.8 Å².